The summed E-state index contributed by atoms with van der Waals surface area (Å²) in [5.41, 5.74) is 0.436. The molecule has 0 saturated carbocycles. The van der Waals surface area contributed by atoms with Crippen molar-refractivity contribution in [3.05, 3.63) is 28.2 Å². The van der Waals surface area contributed by atoms with Gasteiger partial charge in [0.2, 0.25) is 11.8 Å². The van der Waals surface area contributed by atoms with Crippen LogP contribution in [0.3, 0.4) is 0 Å². The molecule has 0 aliphatic carbocycles. The summed E-state index contributed by atoms with van der Waals surface area (Å²) in [5.74, 6) is -0.501. The Morgan fingerprint density at radius 3 is 2.55 bits per heavy atom. The molecule has 0 saturated heterocycles. The zero-order valence-electron chi connectivity index (χ0n) is 11.7. The van der Waals surface area contributed by atoms with Gasteiger partial charge in [0, 0.05) is 18.0 Å². The SMILES string of the molecule is CCC(C)NC(=O)CN(C(C)=O)c1cc(Cl)ccc1Cl. The van der Waals surface area contributed by atoms with E-state index in [0.29, 0.717) is 15.7 Å². The minimum Gasteiger partial charge on any atom is -0.352 e. The molecule has 6 heteroatoms. The van der Waals surface area contributed by atoms with E-state index in [-0.39, 0.29) is 24.4 Å². The molecule has 0 aliphatic rings. The highest BCUT2D eigenvalue weighted by atomic mass is 35.5. The minimum absolute atomic E-state index is 0.0612. The second-order valence-electron chi connectivity index (χ2n) is 4.58. The molecule has 0 bridgehead atoms. The van der Waals surface area contributed by atoms with Crippen molar-refractivity contribution in [3.63, 3.8) is 0 Å². The van der Waals surface area contributed by atoms with Crippen LogP contribution >= 0.6 is 23.2 Å². The molecule has 0 spiro atoms. The number of rotatable bonds is 5. The van der Waals surface area contributed by atoms with Crippen LogP contribution in [0.4, 0.5) is 5.69 Å². The van der Waals surface area contributed by atoms with E-state index in [1.165, 1.54) is 11.8 Å². The predicted molar refractivity (Wildman–Crippen MR) is 82.4 cm³/mol. The molecule has 20 heavy (non-hydrogen) atoms. The van der Waals surface area contributed by atoms with Gasteiger partial charge in [0.1, 0.15) is 6.54 Å². The fraction of sp³-hybridized carbons (Fsp3) is 0.429. The molecule has 0 heterocycles. The average molecular weight is 317 g/mol. The van der Waals surface area contributed by atoms with Gasteiger partial charge in [-0.1, -0.05) is 30.1 Å². The van der Waals surface area contributed by atoms with E-state index in [1.54, 1.807) is 18.2 Å². The molecule has 1 aromatic rings. The monoisotopic (exact) mass is 316 g/mol. The third kappa shape index (κ3) is 4.69. The lowest BCUT2D eigenvalue weighted by Crippen LogP contribution is -2.42. The number of benzene rings is 1. The van der Waals surface area contributed by atoms with Crippen molar-refractivity contribution in [1.29, 1.82) is 0 Å². The Labute approximate surface area is 129 Å². The van der Waals surface area contributed by atoms with Gasteiger partial charge >= 0.3 is 0 Å². The molecule has 0 aliphatic heterocycles. The quantitative estimate of drug-likeness (QED) is 0.906. The summed E-state index contributed by atoms with van der Waals surface area (Å²) < 4.78 is 0. The number of nitrogens with zero attached hydrogens (tertiary/aromatic N) is 1. The maximum atomic E-state index is 11.9. The Hall–Kier alpha value is -1.26. The van der Waals surface area contributed by atoms with Gasteiger partial charge in [0.25, 0.3) is 0 Å². The zero-order valence-corrected chi connectivity index (χ0v) is 13.3. The number of halogens is 2. The van der Waals surface area contributed by atoms with Crippen LogP contribution in [0.25, 0.3) is 0 Å². The molecule has 0 aromatic heterocycles. The van der Waals surface area contributed by atoms with Crippen LogP contribution in [0.15, 0.2) is 18.2 Å². The van der Waals surface area contributed by atoms with Gasteiger partial charge in [-0.2, -0.15) is 0 Å². The van der Waals surface area contributed by atoms with Gasteiger partial charge < -0.3 is 10.2 Å². The molecule has 0 fully saturated rings. The van der Waals surface area contributed by atoms with E-state index in [2.05, 4.69) is 5.32 Å². The van der Waals surface area contributed by atoms with Crippen molar-refractivity contribution in [2.75, 3.05) is 11.4 Å². The highest BCUT2D eigenvalue weighted by Gasteiger charge is 2.19. The molecule has 1 N–H and O–H groups in total. The lowest BCUT2D eigenvalue weighted by atomic mass is 10.2. The number of anilines is 1. The molecule has 110 valence electrons. The Kier molecular flexibility index (Phi) is 6.30. The predicted octanol–water partition coefficient (Wildman–Crippen LogP) is 3.26. The molecule has 2 amide bonds. The van der Waals surface area contributed by atoms with Gasteiger partial charge in [-0.15, -0.1) is 0 Å². The first kappa shape index (κ1) is 16.8. The third-order valence-electron chi connectivity index (χ3n) is 2.90. The largest absolute Gasteiger partial charge is 0.352 e. The first-order valence-electron chi connectivity index (χ1n) is 6.37. The summed E-state index contributed by atoms with van der Waals surface area (Å²) in [4.78, 5) is 25.0. The number of hydrogen-bond donors (Lipinski definition) is 1. The first-order valence-corrected chi connectivity index (χ1v) is 7.13. The van der Waals surface area contributed by atoms with Crippen molar-refractivity contribution >= 4 is 40.7 Å². The molecular formula is C14H18Cl2N2O2. The van der Waals surface area contributed by atoms with Crippen molar-refractivity contribution in [1.82, 2.24) is 5.32 Å². The van der Waals surface area contributed by atoms with Crippen LogP contribution in [0.2, 0.25) is 10.0 Å². The maximum absolute atomic E-state index is 11.9. The standard InChI is InChI=1S/C14H18Cl2N2O2/c1-4-9(2)17-14(20)8-18(10(3)19)13-7-11(15)5-6-12(13)16/h5-7,9H,4,8H2,1-3H3,(H,17,20). The summed E-state index contributed by atoms with van der Waals surface area (Å²) in [6.07, 6.45) is 0.823. The van der Waals surface area contributed by atoms with Crippen molar-refractivity contribution in [2.24, 2.45) is 0 Å². The van der Waals surface area contributed by atoms with Crippen LogP contribution in [0.5, 0.6) is 0 Å². The summed E-state index contributed by atoms with van der Waals surface area (Å²) in [5, 5.41) is 3.64. The lowest BCUT2D eigenvalue weighted by molar-refractivity contribution is -0.123. The normalized spacial score (nSPS) is 11.8. The summed E-state index contributed by atoms with van der Waals surface area (Å²) in [7, 11) is 0. The van der Waals surface area contributed by atoms with E-state index < -0.39 is 0 Å². The minimum atomic E-state index is -0.270. The number of carbonyl (C=O) groups excluding carboxylic acids is 2. The van der Waals surface area contributed by atoms with Crippen LogP contribution in [0, 0.1) is 0 Å². The van der Waals surface area contributed by atoms with Gasteiger partial charge in [-0.3, -0.25) is 9.59 Å². The highest BCUT2D eigenvalue weighted by Crippen LogP contribution is 2.29. The van der Waals surface area contributed by atoms with Gasteiger partial charge in [0.05, 0.1) is 10.7 Å². The molecule has 4 nitrogen and oxygen atoms in total. The van der Waals surface area contributed by atoms with E-state index in [4.69, 9.17) is 23.2 Å². The van der Waals surface area contributed by atoms with Crippen LogP contribution in [-0.2, 0) is 9.59 Å². The van der Waals surface area contributed by atoms with Crippen molar-refractivity contribution < 1.29 is 9.59 Å². The molecule has 1 atom stereocenters. The van der Waals surface area contributed by atoms with Crippen LogP contribution in [0.1, 0.15) is 27.2 Å². The molecular weight excluding hydrogens is 299 g/mol. The Morgan fingerprint density at radius 1 is 1.35 bits per heavy atom. The molecule has 1 rings (SSSR count). The number of carbonyl (C=O) groups is 2. The number of amides is 2. The van der Waals surface area contributed by atoms with E-state index >= 15 is 0 Å². The molecule has 1 aromatic carbocycles. The second-order valence-corrected chi connectivity index (χ2v) is 5.42. The van der Waals surface area contributed by atoms with Gasteiger partial charge in [-0.05, 0) is 31.5 Å². The highest BCUT2D eigenvalue weighted by molar-refractivity contribution is 6.35. The lowest BCUT2D eigenvalue weighted by Gasteiger charge is -2.23. The van der Waals surface area contributed by atoms with Crippen molar-refractivity contribution in [3.8, 4) is 0 Å². The summed E-state index contributed by atoms with van der Waals surface area (Å²) >= 11 is 12.0. The summed E-state index contributed by atoms with van der Waals surface area (Å²) in [6, 6.07) is 4.86. The Bertz CT molecular complexity index is 506. The Balaban J connectivity index is 2.92. The summed E-state index contributed by atoms with van der Waals surface area (Å²) in [6.45, 7) is 5.18. The first-order chi connectivity index (χ1) is 9.35. The van der Waals surface area contributed by atoms with Crippen LogP contribution in [-0.4, -0.2) is 24.4 Å². The molecule has 1 unspecified atom stereocenters. The van der Waals surface area contributed by atoms with E-state index in [0.717, 1.165) is 6.42 Å². The molecule has 0 radical (unpaired) electrons. The zero-order chi connectivity index (χ0) is 15.3. The smallest absolute Gasteiger partial charge is 0.240 e. The third-order valence-corrected chi connectivity index (χ3v) is 3.46. The maximum Gasteiger partial charge on any atom is 0.240 e. The average Bonchev–Trinajstić information content (AvgIpc) is 2.38. The topological polar surface area (TPSA) is 49.4 Å². The number of nitrogens with one attached hydrogen (secondary N) is 1. The number of hydrogen-bond acceptors (Lipinski definition) is 2. The van der Waals surface area contributed by atoms with Gasteiger partial charge in [0.15, 0.2) is 0 Å². The van der Waals surface area contributed by atoms with Crippen LogP contribution < -0.4 is 10.2 Å². The Morgan fingerprint density at radius 2 is 2.00 bits per heavy atom. The van der Waals surface area contributed by atoms with E-state index in [1.807, 2.05) is 13.8 Å². The fourth-order valence-corrected chi connectivity index (χ4v) is 2.01. The fourth-order valence-electron chi connectivity index (χ4n) is 1.62. The van der Waals surface area contributed by atoms with Gasteiger partial charge in [-0.25, -0.2) is 0 Å². The van der Waals surface area contributed by atoms with Crippen molar-refractivity contribution in [2.45, 2.75) is 33.2 Å². The second kappa shape index (κ2) is 7.50. The van der Waals surface area contributed by atoms with E-state index in [9.17, 15) is 9.59 Å².